The molecule has 0 aromatic heterocycles. The smallest absolute Gasteiger partial charge is 0.105 e. The molecular formula is C8H14FN. The summed E-state index contributed by atoms with van der Waals surface area (Å²) in [6.45, 7) is 0. The summed E-state index contributed by atoms with van der Waals surface area (Å²) in [5, 5.41) is 3.26. The van der Waals surface area contributed by atoms with Gasteiger partial charge in [0, 0.05) is 5.54 Å². The molecular weight excluding hydrogens is 129 g/mol. The van der Waals surface area contributed by atoms with E-state index in [2.05, 4.69) is 5.32 Å². The number of alkyl halides is 1. The van der Waals surface area contributed by atoms with Crippen LogP contribution in [0.2, 0.25) is 0 Å². The number of hydrogen-bond donors (Lipinski definition) is 1. The van der Waals surface area contributed by atoms with Gasteiger partial charge in [-0.05, 0) is 38.6 Å². The first-order valence-corrected chi connectivity index (χ1v) is 4.09. The zero-order chi connectivity index (χ0) is 7.19. The fourth-order valence-corrected chi connectivity index (χ4v) is 2.53. The first-order chi connectivity index (χ1) is 4.76. The molecule has 1 N–H and O–H groups in total. The van der Waals surface area contributed by atoms with Crippen molar-refractivity contribution in [3.8, 4) is 0 Å². The van der Waals surface area contributed by atoms with Gasteiger partial charge in [0.25, 0.3) is 0 Å². The van der Waals surface area contributed by atoms with E-state index in [-0.39, 0.29) is 5.54 Å². The molecule has 2 rings (SSSR count). The van der Waals surface area contributed by atoms with Crippen LogP contribution in [0.1, 0.15) is 25.7 Å². The molecule has 2 bridgehead atoms. The summed E-state index contributed by atoms with van der Waals surface area (Å²) in [5.41, 5.74) is 0.198. The summed E-state index contributed by atoms with van der Waals surface area (Å²) in [6, 6.07) is 0. The molecule has 0 spiro atoms. The predicted octanol–water partition coefficient (Wildman–Crippen LogP) is 1.49. The Morgan fingerprint density at radius 3 is 2.60 bits per heavy atom. The second-order valence-electron chi connectivity index (χ2n) is 3.75. The summed E-state index contributed by atoms with van der Waals surface area (Å²) in [4.78, 5) is 0. The number of halogens is 1. The normalized spacial score (nSPS) is 52.2. The van der Waals surface area contributed by atoms with Gasteiger partial charge in [0.15, 0.2) is 0 Å². The third-order valence-electron chi connectivity index (χ3n) is 3.27. The highest BCUT2D eigenvalue weighted by Gasteiger charge is 2.49. The Balaban J connectivity index is 2.14. The van der Waals surface area contributed by atoms with E-state index < -0.39 is 6.17 Å². The maximum atomic E-state index is 13.0. The lowest BCUT2D eigenvalue weighted by Crippen LogP contribution is -2.39. The Morgan fingerprint density at radius 2 is 2.30 bits per heavy atom. The third-order valence-corrected chi connectivity index (χ3v) is 3.27. The Bertz CT molecular complexity index is 144. The fourth-order valence-electron chi connectivity index (χ4n) is 2.53. The van der Waals surface area contributed by atoms with Crippen molar-refractivity contribution in [1.29, 1.82) is 0 Å². The van der Waals surface area contributed by atoms with Gasteiger partial charge < -0.3 is 5.32 Å². The van der Waals surface area contributed by atoms with Crippen molar-refractivity contribution in [3.05, 3.63) is 0 Å². The lowest BCUT2D eigenvalue weighted by Gasteiger charge is -2.26. The maximum absolute atomic E-state index is 13.0. The highest BCUT2D eigenvalue weighted by atomic mass is 19.1. The Hall–Kier alpha value is -0.110. The Morgan fingerprint density at radius 1 is 1.50 bits per heavy atom. The first kappa shape index (κ1) is 6.59. The van der Waals surface area contributed by atoms with Crippen molar-refractivity contribution in [2.75, 3.05) is 7.05 Å². The molecule has 2 heteroatoms. The van der Waals surface area contributed by atoms with Crippen molar-refractivity contribution < 1.29 is 4.39 Å². The highest BCUT2D eigenvalue weighted by Crippen LogP contribution is 2.48. The lowest BCUT2D eigenvalue weighted by atomic mass is 9.93. The SMILES string of the molecule is CNC12CCC(C1)C(F)C2. The summed E-state index contributed by atoms with van der Waals surface area (Å²) in [7, 11) is 1.96. The van der Waals surface area contributed by atoms with Crippen LogP contribution in [0.5, 0.6) is 0 Å². The summed E-state index contributed by atoms with van der Waals surface area (Å²) in [6.07, 6.45) is 3.61. The Labute approximate surface area is 61.0 Å². The second-order valence-corrected chi connectivity index (χ2v) is 3.75. The van der Waals surface area contributed by atoms with Crippen LogP contribution in [0.3, 0.4) is 0 Å². The van der Waals surface area contributed by atoms with E-state index in [1.165, 1.54) is 6.42 Å². The van der Waals surface area contributed by atoms with Crippen LogP contribution < -0.4 is 5.32 Å². The molecule has 2 aliphatic rings. The lowest BCUT2D eigenvalue weighted by molar-refractivity contribution is 0.211. The molecule has 0 radical (unpaired) electrons. The molecule has 2 saturated carbocycles. The molecule has 58 valence electrons. The van der Waals surface area contributed by atoms with Crippen LogP contribution >= 0.6 is 0 Å². The average Bonchev–Trinajstić information content (AvgIpc) is 2.45. The van der Waals surface area contributed by atoms with Gasteiger partial charge in [0.1, 0.15) is 6.17 Å². The number of rotatable bonds is 1. The van der Waals surface area contributed by atoms with Crippen LogP contribution in [-0.4, -0.2) is 18.8 Å². The van der Waals surface area contributed by atoms with Crippen LogP contribution in [0.15, 0.2) is 0 Å². The van der Waals surface area contributed by atoms with Crippen molar-refractivity contribution in [2.45, 2.75) is 37.4 Å². The largest absolute Gasteiger partial charge is 0.314 e. The van der Waals surface area contributed by atoms with Gasteiger partial charge in [-0.1, -0.05) is 0 Å². The molecule has 3 atom stereocenters. The highest BCUT2D eigenvalue weighted by molar-refractivity contribution is 5.05. The molecule has 2 aliphatic carbocycles. The average molecular weight is 143 g/mol. The van der Waals surface area contributed by atoms with Crippen LogP contribution in [0, 0.1) is 5.92 Å². The molecule has 2 fully saturated rings. The van der Waals surface area contributed by atoms with Crippen molar-refractivity contribution >= 4 is 0 Å². The van der Waals surface area contributed by atoms with Crippen LogP contribution in [0.4, 0.5) is 4.39 Å². The van der Waals surface area contributed by atoms with Gasteiger partial charge in [0.2, 0.25) is 0 Å². The summed E-state index contributed by atoms with van der Waals surface area (Å²) >= 11 is 0. The second kappa shape index (κ2) is 1.94. The number of hydrogen-bond acceptors (Lipinski definition) is 1. The van der Waals surface area contributed by atoms with Gasteiger partial charge in [0.05, 0.1) is 0 Å². The molecule has 0 amide bonds. The zero-order valence-electron chi connectivity index (χ0n) is 6.36. The van der Waals surface area contributed by atoms with Crippen molar-refractivity contribution in [3.63, 3.8) is 0 Å². The van der Waals surface area contributed by atoms with E-state index in [1.807, 2.05) is 7.05 Å². The van der Waals surface area contributed by atoms with E-state index >= 15 is 0 Å². The third kappa shape index (κ3) is 0.715. The molecule has 10 heavy (non-hydrogen) atoms. The van der Waals surface area contributed by atoms with E-state index in [9.17, 15) is 4.39 Å². The predicted molar refractivity (Wildman–Crippen MR) is 38.6 cm³/mol. The fraction of sp³-hybridized carbons (Fsp3) is 1.00. The monoisotopic (exact) mass is 143 g/mol. The van der Waals surface area contributed by atoms with Crippen molar-refractivity contribution in [2.24, 2.45) is 5.92 Å². The van der Waals surface area contributed by atoms with Gasteiger partial charge >= 0.3 is 0 Å². The summed E-state index contributed by atoms with van der Waals surface area (Å²) in [5.74, 6) is 0.382. The number of fused-ring (bicyclic) bond motifs is 2. The molecule has 0 aromatic rings. The number of nitrogens with one attached hydrogen (secondary N) is 1. The molecule has 3 unspecified atom stereocenters. The quantitative estimate of drug-likeness (QED) is 0.586. The van der Waals surface area contributed by atoms with Gasteiger partial charge in [-0.2, -0.15) is 0 Å². The van der Waals surface area contributed by atoms with Crippen LogP contribution in [0.25, 0.3) is 0 Å². The maximum Gasteiger partial charge on any atom is 0.105 e. The van der Waals surface area contributed by atoms with Crippen molar-refractivity contribution in [1.82, 2.24) is 5.32 Å². The molecule has 0 heterocycles. The first-order valence-electron chi connectivity index (χ1n) is 4.09. The molecule has 0 aromatic carbocycles. The standard InChI is InChI=1S/C8H14FN/c1-10-8-3-2-6(4-8)7(9)5-8/h6-7,10H,2-5H2,1H3. The van der Waals surface area contributed by atoms with E-state index in [0.29, 0.717) is 5.92 Å². The molecule has 0 aliphatic heterocycles. The van der Waals surface area contributed by atoms with E-state index in [4.69, 9.17) is 0 Å². The van der Waals surface area contributed by atoms with Gasteiger partial charge in [-0.3, -0.25) is 0 Å². The van der Waals surface area contributed by atoms with Gasteiger partial charge in [-0.15, -0.1) is 0 Å². The minimum absolute atomic E-state index is 0.198. The van der Waals surface area contributed by atoms with Gasteiger partial charge in [-0.25, -0.2) is 4.39 Å². The van der Waals surface area contributed by atoms with Crippen LogP contribution in [-0.2, 0) is 0 Å². The molecule has 1 nitrogen and oxygen atoms in total. The Kier molecular flexibility index (Phi) is 1.28. The minimum atomic E-state index is -0.513. The zero-order valence-corrected chi connectivity index (χ0v) is 6.36. The molecule has 0 saturated heterocycles. The topological polar surface area (TPSA) is 12.0 Å². The van der Waals surface area contributed by atoms with E-state index in [1.54, 1.807) is 0 Å². The van der Waals surface area contributed by atoms with E-state index in [0.717, 1.165) is 19.3 Å². The minimum Gasteiger partial charge on any atom is -0.314 e. The summed E-state index contributed by atoms with van der Waals surface area (Å²) < 4.78 is 13.0.